The second-order valence-corrected chi connectivity index (χ2v) is 1.93. The van der Waals surface area contributed by atoms with Crippen LogP contribution in [0.5, 0.6) is 0 Å². The Balaban J connectivity index is 3.24. The van der Waals surface area contributed by atoms with Crippen LogP contribution in [0.15, 0.2) is 0 Å². The average Bonchev–Trinajstić information content (AvgIpc) is 1.65. The van der Waals surface area contributed by atoms with Gasteiger partial charge in [-0.2, -0.15) is 12.6 Å². The molecule has 0 rings (SSSR count). The predicted molar refractivity (Wildman–Crippen MR) is 36.4 cm³/mol. The fourth-order valence-corrected chi connectivity index (χ4v) is 0.447. The van der Waals surface area contributed by atoms with Crippen molar-refractivity contribution in [2.75, 3.05) is 5.75 Å². The van der Waals surface area contributed by atoms with E-state index in [1.165, 1.54) is 0 Å². The van der Waals surface area contributed by atoms with Crippen LogP contribution in [0.25, 0.3) is 0 Å². The monoisotopic (exact) mass is 134 g/mol. The minimum Gasteiger partial charge on any atom is -0.392 e. The lowest BCUT2D eigenvalue weighted by Crippen LogP contribution is -2.20. The van der Waals surface area contributed by atoms with Crippen molar-refractivity contribution in [3.8, 4) is 0 Å². The van der Waals surface area contributed by atoms with Gasteiger partial charge in [0.15, 0.2) is 0 Å². The molecule has 0 saturated heterocycles. The fraction of sp³-hybridized carbons (Fsp3) is 0.750. The highest BCUT2D eigenvalue weighted by Crippen LogP contribution is 1.91. The third-order valence-electron chi connectivity index (χ3n) is 0.666. The average molecular weight is 134 g/mol. The van der Waals surface area contributed by atoms with E-state index in [0.717, 1.165) is 0 Å². The van der Waals surface area contributed by atoms with Gasteiger partial charge in [-0.25, -0.2) is 0 Å². The number of thiol groups is 1. The van der Waals surface area contributed by atoms with Crippen molar-refractivity contribution in [2.24, 2.45) is 5.73 Å². The molecule has 3 nitrogen and oxygen atoms in total. The molecule has 0 aliphatic rings. The molecule has 0 radical (unpaired) electrons. The molecular formula is C4H10N2OS. The first-order valence-electron chi connectivity index (χ1n) is 2.28. The molecule has 0 spiro atoms. The summed E-state index contributed by atoms with van der Waals surface area (Å²) in [6.45, 7) is 0. The van der Waals surface area contributed by atoms with Crippen LogP contribution in [0.3, 0.4) is 0 Å². The van der Waals surface area contributed by atoms with Crippen LogP contribution < -0.4 is 5.73 Å². The number of amidine groups is 1. The van der Waals surface area contributed by atoms with Crippen molar-refractivity contribution in [3.05, 3.63) is 0 Å². The number of hydrogen-bond donors (Lipinski definition) is 4. The molecule has 4 N–H and O–H groups in total. The second kappa shape index (κ2) is 3.74. The fourth-order valence-electron chi connectivity index (χ4n) is 0.318. The zero-order valence-electron chi connectivity index (χ0n) is 4.46. The van der Waals surface area contributed by atoms with Crippen LogP contribution in [-0.2, 0) is 0 Å². The van der Waals surface area contributed by atoms with Gasteiger partial charge in [0.05, 0.1) is 11.9 Å². The molecule has 0 amide bonds. The van der Waals surface area contributed by atoms with Crippen LogP contribution in [0.1, 0.15) is 6.42 Å². The summed E-state index contributed by atoms with van der Waals surface area (Å²) in [6, 6.07) is 0. The summed E-state index contributed by atoms with van der Waals surface area (Å²) in [5, 5.41) is 15.4. The van der Waals surface area contributed by atoms with Gasteiger partial charge >= 0.3 is 0 Å². The van der Waals surface area contributed by atoms with E-state index in [4.69, 9.17) is 16.2 Å². The third-order valence-corrected chi connectivity index (χ3v) is 1.09. The molecule has 0 aliphatic heterocycles. The van der Waals surface area contributed by atoms with E-state index in [1.807, 2.05) is 0 Å². The number of aliphatic hydroxyl groups excluding tert-OH is 1. The minimum absolute atomic E-state index is 0.00606. The van der Waals surface area contributed by atoms with Crippen LogP contribution in [0.2, 0.25) is 0 Å². The summed E-state index contributed by atoms with van der Waals surface area (Å²) in [5.74, 6) is 0.367. The summed E-state index contributed by atoms with van der Waals surface area (Å²) >= 11 is 3.79. The Hall–Kier alpha value is -0.220. The lowest BCUT2D eigenvalue weighted by Gasteiger charge is -2.02. The van der Waals surface area contributed by atoms with E-state index in [2.05, 4.69) is 12.6 Å². The molecule has 0 aromatic carbocycles. The van der Waals surface area contributed by atoms with E-state index < -0.39 is 6.10 Å². The van der Waals surface area contributed by atoms with E-state index in [0.29, 0.717) is 5.75 Å². The summed E-state index contributed by atoms with van der Waals surface area (Å²) in [7, 11) is 0. The van der Waals surface area contributed by atoms with Gasteiger partial charge in [0.2, 0.25) is 0 Å². The van der Waals surface area contributed by atoms with Crippen molar-refractivity contribution in [3.63, 3.8) is 0 Å². The molecule has 0 fully saturated rings. The molecule has 8 heavy (non-hydrogen) atoms. The highest BCUT2D eigenvalue weighted by molar-refractivity contribution is 7.80. The highest BCUT2D eigenvalue weighted by atomic mass is 32.1. The number of nitrogens with one attached hydrogen (secondary N) is 1. The van der Waals surface area contributed by atoms with Crippen LogP contribution in [0.4, 0.5) is 0 Å². The van der Waals surface area contributed by atoms with Crippen LogP contribution in [0, 0.1) is 5.41 Å². The van der Waals surface area contributed by atoms with Gasteiger partial charge in [-0.3, -0.25) is 5.41 Å². The first-order valence-corrected chi connectivity index (χ1v) is 2.92. The Labute approximate surface area is 53.8 Å². The van der Waals surface area contributed by atoms with E-state index in [-0.39, 0.29) is 12.3 Å². The van der Waals surface area contributed by atoms with Gasteiger partial charge in [-0.15, -0.1) is 0 Å². The van der Waals surface area contributed by atoms with Gasteiger partial charge in [0.1, 0.15) is 0 Å². The summed E-state index contributed by atoms with van der Waals surface area (Å²) < 4.78 is 0. The zero-order valence-corrected chi connectivity index (χ0v) is 5.36. The molecule has 0 saturated carbocycles. The Morgan fingerprint density at radius 3 is 2.50 bits per heavy atom. The minimum atomic E-state index is -0.559. The molecule has 4 heteroatoms. The van der Waals surface area contributed by atoms with Crippen molar-refractivity contribution < 1.29 is 5.11 Å². The summed E-state index contributed by atoms with van der Waals surface area (Å²) in [6.07, 6.45) is -0.334. The van der Waals surface area contributed by atoms with E-state index in [9.17, 15) is 0 Å². The lowest BCUT2D eigenvalue weighted by molar-refractivity contribution is 0.208. The van der Waals surface area contributed by atoms with E-state index in [1.54, 1.807) is 0 Å². The van der Waals surface area contributed by atoms with Crippen molar-refractivity contribution >= 4 is 18.5 Å². The van der Waals surface area contributed by atoms with Crippen molar-refractivity contribution in [1.82, 2.24) is 0 Å². The van der Waals surface area contributed by atoms with Gasteiger partial charge < -0.3 is 10.8 Å². The Morgan fingerprint density at radius 1 is 1.88 bits per heavy atom. The Morgan fingerprint density at radius 2 is 2.38 bits per heavy atom. The molecule has 0 heterocycles. The third kappa shape index (κ3) is 3.95. The van der Waals surface area contributed by atoms with Gasteiger partial charge in [-0.05, 0) is 0 Å². The molecule has 0 aromatic heterocycles. The standard InChI is InChI=1S/C4H10N2OS/c5-4(6)1-3(7)2-8/h3,7-8H,1-2H2,(H3,5,6). The van der Waals surface area contributed by atoms with E-state index >= 15 is 0 Å². The maximum absolute atomic E-state index is 8.73. The Bertz CT molecular complexity index is 86.1. The first kappa shape index (κ1) is 7.78. The van der Waals surface area contributed by atoms with Gasteiger partial charge in [0, 0.05) is 12.2 Å². The molecule has 0 aromatic rings. The highest BCUT2D eigenvalue weighted by Gasteiger charge is 2.00. The molecular weight excluding hydrogens is 124 g/mol. The molecule has 0 bridgehead atoms. The topological polar surface area (TPSA) is 70.1 Å². The predicted octanol–water partition coefficient (Wildman–Crippen LogP) is -0.397. The summed E-state index contributed by atoms with van der Waals surface area (Å²) in [4.78, 5) is 0. The van der Waals surface area contributed by atoms with Crippen molar-refractivity contribution in [2.45, 2.75) is 12.5 Å². The molecule has 0 aliphatic carbocycles. The maximum atomic E-state index is 8.73. The molecule has 48 valence electrons. The van der Waals surface area contributed by atoms with Crippen LogP contribution in [-0.4, -0.2) is 22.8 Å². The maximum Gasteiger partial charge on any atom is 0.0931 e. The smallest absolute Gasteiger partial charge is 0.0931 e. The summed E-state index contributed by atoms with van der Waals surface area (Å²) in [5.41, 5.74) is 4.96. The van der Waals surface area contributed by atoms with Gasteiger partial charge in [-0.1, -0.05) is 0 Å². The van der Waals surface area contributed by atoms with Gasteiger partial charge in [0.25, 0.3) is 0 Å². The quantitative estimate of drug-likeness (QED) is 0.241. The SMILES string of the molecule is N=C(N)CC(O)CS. The first-order chi connectivity index (χ1) is 3.66. The molecule has 1 unspecified atom stereocenters. The second-order valence-electron chi connectivity index (χ2n) is 1.57. The number of rotatable bonds is 3. The normalized spacial score (nSPS) is 13.2. The Kier molecular flexibility index (Phi) is 3.64. The number of nitrogens with two attached hydrogens (primary N) is 1. The largest absolute Gasteiger partial charge is 0.392 e. The lowest BCUT2D eigenvalue weighted by atomic mass is 10.3. The number of aliphatic hydroxyl groups is 1. The molecule has 1 atom stereocenters. The van der Waals surface area contributed by atoms with Crippen LogP contribution >= 0.6 is 12.6 Å². The van der Waals surface area contributed by atoms with Crippen molar-refractivity contribution in [1.29, 1.82) is 5.41 Å². The number of hydrogen-bond acceptors (Lipinski definition) is 3. The zero-order chi connectivity index (χ0) is 6.57.